The van der Waals surface area contributed by atoms with Gasteiger partial charge < -0.3 is 10.1 Å². The van der Waals surface area contributed by atoms with E-state index in [9.17, 15) is 4.79 Å². The van der Waals surface area contributed by atoms with Crippen molar-refractivity contribution in [3.05, 3.63) is 33.8 Å². The van der Waals surface area contributed by atoms with Gasteiger partial charge in [0.15, 0.2) is 0 Å². The minimum atomic E-state index is 0.0385. The minimum Gasteiger partial charge on any atom is -0.379 e. The predicted molar refractivity (Wildman–Crippen MR) is 101 cm³/mol. The molecule has 0 bridgehead atoms. The third-order valence-corrected chi connectivity index (χ3v) is 6.17. The number of benzene rings is 1. The molecule has 138 valence electrons. The molecule has 25 heavy (non-hydrogen) atoms. The second kappa shape index (κ2) is 8.72. The van der Waals surface area contributed by atoms with Crippen LogP contribution in [0.3, 0.4) is 0 Å². The molecule has 0 unspecified atom stereocenters. The lowest BCUT2D eigenvalue weighted by Crippen LogP contribution is -2.59. The molecule has 2 aliphatic rings. The summed E-state index contributed by atoms with van der Waals surface area (Å²) in [6, 6.07) is 5.36. The summed E-state index contributed by atoms with van der Waals surface area (Å²) in [5, 5.41) is 4.18. The SMILES string of the molecule is O=C(Cc1ccc(Cl)c(Cl)c1)NCC1(N2CCOCC2)CCCCC1. The number of rotatable bonds is 5. The van der Waals surface area contributed by atoms with Crippen LogP contribution in [0.5, 0.6) is 0 Å². The lowest BCUT2D eigenvalue weighted by Gasteiger charge is -2.48. The van der Waals surface area contributed by atoms with Gasteiger partial charge in [0, 0.05) is 25.2 Å². The number of hydrogen-bond acceptors (Lipinski definition) is 3. The summed E-state index contributed by atoms with van der Waals surface area (Å²) in [5.74, 6) is 0.0385. The Morgan fingerprint density at radius 3 is 2.52 bits per heavy atom. The van der Waals surface area contributed by atoms with E-state index in [-0.39, 0.29) is 11.4 Å². The molecular formula is C19H26Cl2N2O2. The summed E-state index contributed by atoms with van der Waals surface area (Å²) in [5.41, 5.74) is 0.978. The number of ether oxygens (including phenoxy) is 1. The van der Waals surface area contributed by atoms with Crippen LogP contribution in [-0.2, 0) is 16.0 Å². The van der Waals surface area contributed by atoms with Gasteiger partial charge in [0.2, 0.25) is 5.91 Å². The molecule has 0 atom stereocenters. The molecule has 3 rings (SSSR count). The third kappa shape index (κ3) is 4.88. The fourth-order valence-corrected chi connectivity index (χ4v) is 4.33. The molecule has 1 amide bonds. The average Bonchev–Trinajstić information content (AvgIpc) is 2.65. The molecule has 1 aliphatic heterocycles. The summed E-state index contributed by atoms with van der Waals surface area (Å²) < 4.78 is 5.51. The summed E-state index contributed by atoms with van der Waals surface area (Å²) in [7, 11) is 0. The molecular weight excluding hydrogens is 359 g/mol. The molecule has 1 saturated heterocycles. The zero-order valence-electron chi connectivity index (χ0n) is 14.5. The average molecular weight is 385 g/mol. The molecule has 1 aromatic rings. The van der Waals surface area contributed by atoms with Gasteiger partial charge in [0.25, 0.3) is 0 Å². The maximum absolute atomic E-state index is 12.4. The topological polar surface area (TPSA) is 41.6 Å². The maximum Gasteiger partial charge on any atom is 0.224 e. The Kier molecular flexibility index (Phi) is 6.61. The van der Waals surface area contributed by atoms with E-state index in [2.05, 4.69) is 10.2 Å². The van der Waals surface area contributed by atoms with Crippen molar-refractivity contribution in [2.75, 3.05) is 32.8 Å². The van der Waals surface area contributed by atoms with Gasteiger partial charge in [-0.15, -0.1) is 0 Å². The third-order valence-electron chi connectivity index (χ3n) is 5.43. The van der Waals surface area contributed by atoms with Gasteiger partial charge >= 0.3 is 0 Å². The number of hydrogen-bond donors (Lipinski definition) is 1. The first kappa shape index (κ1) is 19.0. The summed E-state index contributed by atoms with van der Waals surface area (Å²) in [6.07, 6.45) is 6.40. The Morgan fingerprint density at radius 2 is 1.84 bits per heavy atom. The number of halogens is 2. The van der Waals surface area contributed by atoms with Gasteiger partial charge in [-0.05, 0) is 30.5 Å². The molecule has 0 radical (unpaired) electrons. The minimum absolute atomic E-state index is 0.0385. The van der Waals surface area contributed by atoms with Crippen molar-refractivity contribution in [2.45, 2.75) is 44.1 Å². The summed E-state index contributed by atoms with van der Waals surface area (Å²) in [6.45, 7) is 4.22. The highest BCUT2D eigenvalue weighted by atomic mass is 35.5. The molecule has 2 fully saturated rings. The Morgan fingerprint density at radius 1 is 1.12 bits per heavy atom. The zero-order chi connectivity index (χ0) is 17.7. The van der Waals surface area contributed by atoms with Crippen LogP contribution in [0, 0.1) is 0 Å². The van der Waals surface area contributed by atoms with Gasteiger partial charge in [-0.25, -0.2) is 0 Å². The highest BCUT2D eigenvalue weighted by Gasteiger charge is 2.38. The second-order valence-corrected chi connectivity index (χ2v) is 7.90. The number of morpholine rings is 1. The highest BCUT2D eigenvalue weighted by Crippen LogP contribution is 2.34. The molecule has 1 aliphatic carbocycles. The van der Waals surface area contributed by atoms with Crippen molar-refractivity contribution < 1.29 is 9.53 Å². The monoisotopic (exact) mass is 384 g/mol. The van der Waals surface area contributed by atoms with Crippen molar-refractivity contribution >= 4 is 29.1 Å². The highest BCUT2D eigenvalue weighted by molar-refractivity contribution is 6.42. The molecule has 1 heterocycles. The van der Waals surface area contributed by atoms with E-state index in [1.807, 2.05) is 6.07 Å². The zero-order valence-corrected chi connectivity index (χ0v) is 16.0. The van der Waals surface area contributed by atoms with Gasteiger partial charge in [0.05, 0.1) is 29.7 Å². The number of nitrogens with one attached hydrogen (secondary N) is 1. The fraction of sp³-hybridized carbons (Fsp3) is 0.632. The van der Waals surface area contributed by atoms with Gasteiger partial charge in [0.1, 0.15) is 0 Å². The first-order valence-corrected chi connectivity index (χ1v) is 9.88. The quantitative estimate of drug-likeness (QED) is 0.841. The maximum atomic E-state index is 12.4. The van der Waals surface area contributed by atoms with Crippen LogP contribution in [0.2, 0.25) is 10.0 Å². The lowest BCUT2D eigenvalue weighted by atomic mass is 9.79. The standard InChI is InChI=1S/C19H26Cl2N2O2/c20-16-5-4-15(12-17(16)21)13-18(24)22-14-19(6-2-1-3-7-19)23-8-10-25-11-9-23/h4-5,12H,1-3,6-11,13-14H2,(H,22,24). The Labute approximate surface area is 159 Å². The van der Waals surface area contributed by atoms with E-state index in [1.165, 1.54) is 19.3 Å². The molecule has 1 N–H and O–H groups in total. The fourth-order valence-electron chi connectivity index (χ4n) is 4.01. The van der Waals surface area contributed by atoms with E-state index < -0.39 is 0 Å². The van der Waals surface area contributed by atoms with Gasteiger partial charge in [-0.1, -0.05) is 48.5 Å². The van der Waals surface area contributed by atoms with Gasteiger partial charge in [-0.3, -0.25) is 9.69 Å². The van der Waals surface area contributed by atoms with Crippen molar-refractivity contribution in [2.24, 2.45) is 0 Å². The number of carbonyl (C=O) groups is 1. The van der Waals surface area contributed by atoms with Crippen LogP contribution in [0.25, 0.3) is 0 Å². The predicted octanol–water partition coefficient (Wildman–Crippen LogP) is 3.69. The molecule has 1 saturated carbocycles. The van der Waals surface area contributed by atoms with Crippen LogP contribution in [0.15, 0.2) is 18.2 Å². The van der Waals surface area contributed by atoms with Crippen molar-refractivity contribution in [1.82, 2.24) is 10.2 Å². The summed E-state index contributed by atoms with van der Waals surface area (Å²) in [4.78, 5) is 15.0. The number of carbonyl (C=O) groups excluding carboxylic acids is 1. The Bertz CT molecular complexity index is 597. The summed E-state index contributed by atoms with van der Waals surface area (Å²) >= 11 is 12.0. The lowest BCUT2D eigenvalue weighted by molar-refractivity contribution is -0.121. The molecule has 4 nitrogen and oxygen atoms in total. The normalized spacial score (nSPS) is 21.0. The number of amides is 1. The molecule has 6 heteroatoms. The molecule has 0 spiro atoms. The number of nitrogens with zero attached hydrogens (tertiary/aromatic N) is 1. The van der Waals surface area contributed by atoms with E-state index in [0.717, 1.165) is 44.7 Å². The van der Waals surface area contributed by atoms with Crippen LogP contribution in [0.4, 0.5) is 0 Å². The van der Waals surface area contributed by atoms with E-state index in [0.29, 0.717) is 23.0 Å². The molecule has 1 aromatic carbocycles. The largest absolute Gasteiger partial charge is 0.379 e. The van der Waals surface area contributed by atoms with Crippen LogP contribution < -0.4 is 5.32 Å². The van der Waals surface area contributed by atoms with E-state index in [1.54, 1.807) is 12.1 Å². The van der Waals surface area contributed by atoms with E-state index in [4.69, 9.17) is 27.9 Å². The molecule has 0 aromatic heterocycles. The smallest absolute Gasteiger partial charge is 0.224 e. The van der Waals surface area contributed by atoms with Crippen LogP contribution in [0.1, 0.15) is 37.7 Å². The van der Waals surface area contributed by atoms with Gasteiger partial charge in [-0.2, -0.15) is 0 Å². The van der Waals surface area contributed by atoms with E-state index >= 15 is 0 Å². The first-order chi connectivity index (χ1) is 12.1. The second-order valence-electron chi connectivity index (χ2n) is 7.09. The Hall–Kier alpha value is -0.810. The van der Waals surface area contributed by atoms with Crippen molar-refractivity contribution in [3.63, 3.8) is 0 Å². The van der Waals surface area contributed by atoms with Crippen LogP contribution in [-0.4, -0.2) is 49.2 Å². The van der Waals surface area contributed by atoms with Crippen LogP contribution >= 0.6 is 23.2 Å². The van der Waals surface area contributed by atoms with Crippen molar-refractivity contribution in [1.29, 1.82) is 0 Å². The van der Waals surface area contributed by atoms with Crippen molar-refractivity contribution in [3.8, 4) is 0 Å². The Balaban J connectivity index is 1.60. The first-order valence-electron chi connectivity index (χ1n) is 9.12.